The first-order valence-corrected chi connectivity index (χ1v) is 11.8. The average Bonchev–Trinajstić information content (AvgIpc) is 2.52. The highest BCUT2D eigenvalue weighted by molar-refractivity contribution is 7.90. The lowest BCUT2D eigenvalue weighted by molar-refractivity contribution is -0.387. The lowest BCUT2D eigenvalue weighted by atomic mass is 10.3. The Morgan fingerprint density at radius 1 is 1.22 bits per heavy atom. The third-order valence-corrected chi connectivity index (χ3v) is 6.97. The van der Waals surface area contributed by atoms with Crippen LogP contribution in [-0.2, 0) is 24.6 Å². The van der Waals surface area contributed by atoms with Crippen LogP contribution in [0.5, 0.6) is 0 Å². The molecule has 1 saturated heterocycles. The van der Waals surface area contributed by atoms with Crippen LogP contribution in [0.2, 0.25) is 0 Å². The molecule has 2 atom stereocenters. The number of nitrogens with one attached hydrogen (secondary N) is 1. The quantitative estimate of drug-likeness (QED) is 0.505. The van der Waals surface area contributed by atoms with Crippen molar-refractivity contribution in [3.05, 3.63) is 28.3 Å². The van der Waals surface area contributed by atoms with E-state index in [2.05, 4.69) is 5.32 Å². The zero-order chi connectivity index (χ0) is 20.4. The Labute approximate surface area is 158 Å². The number of anilines is 1. The fourth-order valence-corrected chi connectivity index (χ4v) is 5.22. The summed E-state index contributed by atoms with van der Waals surface area (Å²) in [6, 6.07) is 3.59. The molecule has 0 aliphatic carbocycles. The van der Waals surface area contributed by atoms with E-state index in [1.54, 1.807) is 13.8 Å². The molecule has 1 heterocycles. The monoisotopic (exact) mass is 421 g/mol. The van der Waals surface area contributed by atoms with Gasteiger partial charge in [-0.3, -0.25) is 10.1 Å². The zero-order valence-electron chi connectivity index (χ0n) is 15.3. The number of nitro groups is 1. The third kappa shape index (κ3) is 5.61. The first-order chi connectivity index (χ1) is 12.4. The maximum atomic E-state index is 12.5. The molecule has 0 spiro atoms. The van der Waals surface area contributed by atoms with Crippen LogP contribution >= 0.6 is 0 Å². The first-order valence-electron chi connectivity index (χ1n) is 8.26. The number of hydrogen-bond donors (Lipinski definition) is 1. The molecule has 0 radical (unpaired) electrons. The highest BCUT2D eigenvalue weighted by atomic mass is 32.2. The lowest BCUT2D eigenvalue weighted by Crippen LogP contribution is -2.49. The predicted octanol–water partition coefficient (Wildman–Crippen LogP) is 0.849. The summed E-state index contributed by atoms with van der Waals surface area (Å²) < 4.78 is 55.1. The summed E-state index contributed by atoms with van der Waals surface area (Å²) in [7, 11) is -7.26. The van der Waals surface area contributed by atoms with Crippen LogP contribution in [0.25, 0.3) is 0 Å². The molecule has 12 heteroatoms. The second-order valence-electron chi connectivity index (χ2n) is 6.53. The molecule has 2 rings (SSSR count). The van der Waals surface area contributed by atoms with E-state index in [9.17, 15) is 26.9 Å². The molecule has 0 amide bonds. The van der Waals surface area contributed by atoms with Crippen LogP contribution < -0.4 is 5.32 Å². The maximum Gasteiger partial charge on any atom is 0.290 e. The van der Waals surface area contributed by atoms with Gasteiger partial charge in [0.1, 0.15) is 4.90 Å². The van der Waals surface area contributed by atoms with E-state index in [0.717, 1.165) is 18.4 Å². The van der Waals surface area contributed by atoms with E-state index < -0.39 is 30.5 Å². The van der Waals surface area contributed by atoms with Gasteiger partial charge in [-0.05, 0) is 26.0 Å². The van der Waals surface area contributed by atoms with Crippen molar-refractivity contribution in [2.75, 3.05) is 37.0 Å². The van der Waals surface area contributed by atoms with Gasteiger partial charge in [0, 0.05) is 37.6 Å². The molecule has 1 fully saturated rings. The molecule has 0 aromatic heterocycles. The molecule has 152 valence electrons. The molecule has 1 aliphatic heterocycles. The lowest BCUT2D eigenvalue weighted by Gasteiger charge is -2.34. The molecule has 0 unspecified atom stereocenters. The molecule has 10 nitrogen and oxygen atoms in total. The Morgan fingerprint density at radius 2 is 1.81 bits per heavy atom. The summed E-state index contributed by atoms with van der Waals surface area (Å²) in [5, 5.41) is 13.9. The molecule has 1 N–H and O–H groups in total. The number of nitro benzene ring substituents is 1. The van der Waals surface area contributed by atoms with E-state index in [4.69, 9.17) is 4.74 Å². The third-order valence-electron chi connectivity index (χ3n) is 4.02. The Kier molecular flexibility index (Phi) is 6.45. The number of benzene rings is 1. The summed E-state index contributed by atoms with van der Waals surface area (Å²) >= 11 is 0. The van der Waals surface area contributed by atoms with Crippen LogP contribution in [0.15, 0.2) is 23.1 Å². The van der Waals surface area contributed by atoms with Crippen LogP contribution in [0.1, 0.15) is 13.8 Å². The highest BCUT2D eigenvalue weighted by Gasteiger charge is 2.30. The van der Waals surface area contributed by atoms with Crippen molar-refractivity contribution in [2.45, 2.75) is 31.0 Å². The Balaban J connectivity index is 2.06. The van der Waals surface area contributed by atoms with Gasteiger partial charge in [0.15, 0.2) is 9.84 Å². The highest BCUT2D eigenvalue weighted by Crippen LogP contribution is 2.27. The van der Waals surface area contributed by atoms with Gasteiger partial charge < -0.3 is 10.1 Å². The summed E-state index contributed by atoms with van der Waals surface area (Å²) in [6.07, 6.45) is 0.504. The van der Waals surface area contributed by atoms with Gasteiger partial charge in [-0.15, -0.1) is 0 Å². The molecule has 1 aromatic carbocycles. The number of rotatable bonds is 7. The largest absolute Gasteiger partial charge is 0.384 e. The van der Waals surface area contributed by atoms with Crippen molar-refractivity contribution < 1.29 is 26.5 Å². The second kappa shape index (κ2) is 8.09. The summed E-state index contributed by atoms with van der Waals surface area (Å²) in [6.45, 7) is 4.19. The number of morpholine rings is 1. The molecule has 1 aromatic rings. The van der Waals surface area contributed by atoms with E-state index in [1.165, 1.54) is 10.4 Å². The van der Waals surface area contributed by atoms with Gasteiger partial charge in [-0.2, -0.15) is 4.31 Å². The Morgan fingerprint density at radius 3 is 2.33 bits per heavy atom. The van der Waals surface area contributed by atoms with E-state index in [-0.39, 0.29) is 48.2 Å². The number of sulfone groups is 1. The van der Waals surface area contributed by atoms with Gasteiger partial charge in [-0.1, -0.05) is 0 Å². The van der Waals surface area contributed by atoms with Crippen molar-refractivity contribution in [3.63, 3.8) is 0 Å². The normalized spacial score (nSPS) is 21.7. The summed E-state index contributed by atoms with van der Waals surface area (Å²) in [5.41, 5.74) is -0.283. The van der Waals surface area contributed by atoms with Gasteiger partial charge in [0.2, 0.25) is 10.0 Å². The molecular weight excluding hydrogens is 398 g/mol. The maximum absolute atomic E-state index is 12.5. The smallest absolute Gasteiger partial charge is 0.290 e. The fraction of sp³-hybridized carbons (Fsp3) is 0.600. The number of ether oxygens (including phenoxy) is 1. The minimum atomic E-state index is -3.75. The Hall–Kier alpha value is -1.76. The number of nitrogens with zero attached hydrogens (tertiary/aromatic N) is 2. The standard InChI is InChI=1S/C15H23N3O7S2/c1-11-9-17(10-12(2)25-11)27(23,24)7-6-16-13-4-5-15(26(3,21)22)14(8-13)18(19)20/h4-5,8,11-12,16H,6-7,9-10H2,1-3H3/t11-,12+. The minimum Gasteiger partial charge on any atom is -0.384 e. The summed E-state index contributed by atoms with van der Waals surface area (Å²) in [4.78, 5) is 9.95. The van der Waals surface area contributed by atoms with E-state index in [0.29, 0.717) is 0 Å². The molecule has 1 aliphatic rings. The van der Waals surface area contributed by atoms with Gasteiger partial charge in [0.25, 0.3) is 5.69 Å². The van der Waals surface area contributed by atoms with Crippen molar-refractivity contribution in [2.24, 2.45) is 0 Å². The van der Waals surface area contributed by atoms with Crippen molar-refractivity contribution in [1.82, 2.24) is 4.31 Å². The average molecular weight is 421 g/mol. The van der Waals surface area contributed by atoms with Crippen molar-refractivity contribution in [3.8, 4) is 0 Å². The van der Waals surface area contributed by atoms with Gasteiger partial charge in [0.05, 0.1) is 22.9 Å². The van der Waals surface area contributed by atoms with Crippen LogP contribution in [0.3, 0.4) is 0 Å². The number of hydrogen-bond acceptors (Lipinski definition) is 8. The van der Waals surface area contributed by atoms with E-state index in [1.807, 2.05) is 0 Å². The molecule has 27 heavy (non-hydrogen) atoms. The van der Waals surface area contributed by atoms with Crippen LogP contribution in [0.4, 0.5) is 11.4 Å². The predicted molar refractivity (Wildman–Crippen MR) is 100 cm³/mol. The number of sulfonamides is 1. The SMILES string of the molecule is C[C@@H]1CN(S(=O)(=O)CCNc2ccc(S(C)(=O)=O)c([N+](=O)[O-])c2)C[C@H](C)O1. The Bertz CT molecular complexity index is 905. The molecule has 0 bridgehead atoms. The van der Waals surface area contributed by atoms with Crippen LogP contribution in [-0.4, -0.2) is 69.9 Å². The van der Waals surface area contributed by atoms with Crippen molar-refractivity contribution in [1.29, 1.82) is 0 Å². The molecular formula is C15H23N3O7S2. The second-order valence-corrected chi connectivity index (χ2v) is 10.6. The van der Waals surface area contributed by atoms with Crippen LogP contribution in [0, 0.1) is 10.1 Å². The van der Waals surface area contributed by atoms with Gasteiger partial charge in [-0.25, -0.2) is 16.8 Å². The molecule has 0 saturated carbocycles. The fourth-order valence-electron chi connectivity index (χ4n) is 2.89. The minimum absolute atomic E-state index is 0.0256. The first kappa shape index (κ1) is 21.5. The van der Waals surface area contributed by atoms with Gasteiger partial charge >= 0.3 is 0 Å². The van der Waals surface area contributed by atoms with Crippen molar-refractivity contribution >= 4 is 31.2 Å². The summed E-state index contributed by atoms with van der Waals surface area (Å²) in [5.74, 6) is -0.200. The van der Waals surface area contributed by atoms with E-state index >= 15 is 0 Å². The zero-order valence-corrected chi connectivity index (χ0v) is 16.9. The topological polar surface area (TPSA) is 136 Å².